The smallest absolute Gasteiger partial charge is 0.287 e. The molecular weight excluding hydrogens is 398 g/mol. The molecule has 2 aromatic heterocycles. The van der Waals surface area contributed by atoms with Crippen LogP contribution in [0.15, 0.2) is 70.0 Å². The quantitative estimate of drug-likeness (QED) is 0.493. The van der Waals surface area contributed by atoms with Crippen molar-refractivity contribution >= 4 is 17.2 Å². The molecular formula is C23H21N3O5. The maximum atomic E-state index is 12.1. The second-order valence-electron chi connectivity index (χ2n) is 7.05. The summed E-state index contributed by atoms with van der Waals surface area (Å²) in [5, 5.41) is 2.77. The standard InChI is InChI=1S/C23H21N3O5/c1-15-4-3-5-20(10-15)30-14-22(27)25-17-6-8-19(9-7-17)29-13-18-12-23(28)26-21(24-18)11-16(2)31-26/h3-12H,13-14H2,1-2H3,(H,25,27). The molecule has 0 aliphatic heterocycles. The number of aryl methyl sites for hydroxylation is 2. The Hall–Kier alpha value is -4.07. The van der Waals surface area contributed by atoms with Crippen molar-refractivity contribution in [2.24, 2.45) is 0 Å². The molecule has 0 aliphatic rings. The van der Waals surface area contributed by atoms with Gasteiger partial charge in [-0.15, -0.1) is 4.57 Å². The fourth-order valence-corrected chi connectivity index (χ4v) is 2.99. The van der Waals surface area contributed by atoms with Crippen LogP contribution in [-0.4, -0.2) is 22.1 Å². The number of carbonyl (C=O) groups is 1. The fourth-order valence-electron chi connectivity index (χ4n) is 2.99. The summed E-state index contributed by atoms with van der Waals surface area (Å²) in [5.74, 6) is 1.57. The van der Waals surface area contributed by atoms with E-state index in [0.717, 1.165) is 10.1 Å². The number of carbonyl (C=O) groups excluding carboxylic acids is 1. The molecule has 0 atom stereocenters. The van der Waals surface area contributed by atoms with Gasteiger partial charge in [-0.25, -0.2) is 4.98 Å². The van der Waals surface area contributed by atoms with Crippen molar-refractivity contribution in [3.05, 3.63) is 88.0 Å². The number of fused-ring (bicyclic) bond motifs is 1. The molecule has 1 N–H and O–H groups in total. The second-order valence-corrected chi connectivity index (χ2v) is 7.05. The minimum Gasteiger partial charge on any atom is -0.487 e. The van der Waals surface area contributed by atoms with Crippen molar-refractivity contribution in [3.63, 3.8) is 0 Å². The number of aromatic nitrogens is 2. The summed E-state index contributed by atoms with van der Waals surface area (Å²) in [6, 6.07) is 17.5. The first kappa shape index (κ1) is 20.2. The normalized spacial score (nSPS) is 10.8. The highest BCUT2D eigenvalue weighted by Crippen LogP contribution is 2.17. The lowest BCUT2D eigenvalue weighted by Crippen LogP contribution is -2.20. The summed E-state index contributed by atoms with van der Waals surface area (Å²) < 4.78 is 17.6. The molecule has 0 saturated carbocycles. The second kappa shape index (κ2) is 8.74. The van der Waals surface area contributed by atoms with Crippen LogP contribution in [0.4, 0.5) is 5.69 Å². The van der Waals surface area contributed by atoms with Crippen molar-refractivity contribution in [2.45, 2.75) is 20.5 Å². The number of nitrogens with one attached hydrogen (secondary N) is 1. The molecule has 0 unspecified atom stereocenters. The molecule has 0 saturated heterocycles. The van der Waals surface area contributed by atoms with Crippen LogP contribution in [0.1, 0.15) is 17.0 Å². The molecule has 0 bridgehead atoms. The molecule has 8 nitrogen and oxygen atoms in total. The van der Waals surface area contributed by atoms with Gasteiger partial charge in [-0.05, 0) is 55.8 Å². The maximum Gasteiger partial charge on any atom is 0.287 e. The Kier molecular flexibility index (Phi) is 5.70. The molecule has 1 amide bonds. The zero-order valence-electron chi connectivity index (χ0n) is 17.1. The van der Waals surface area contributed by atoms with Gasteiger partial charge >= 0.3 is 0 Å². The zero-order chi connectivity index (χ0) is 21.8. The zero-order valence-corrected chi connectivity index (χ0v) is 17.1. The van der Waals surface area contributed by atoms with Crippen LogP contribution in [-0.2, 0) is 11.4 Å². The van der Waals surface area contributed by atoms with E-state index in [0.29, 0.717) is 34.3 Å². The fraction of sp³-hybridized carbons (Fsp3) is 0.174. The van der Waals surface area contributed by atoms with Crippen LogP contribution in [0.3, 0.4) is 0 Å². The SMILES string of the molecule is Cc1cccc(OCC(=O)Nc2ccc(OCc3cc(=O)n4oc(C)cc4n3)cc2)c1. The van der Waals surface area contributed by atoms with Crippen LogP contribution in [0.5, 0.6) is 11.5 Å². The Labute approximate surface area is 178 Å². The molecule has 0 radical (unpaired) electrons. The third-order valence-corrected chi connectivity index (χ3v) is 4.41. The first-order chi connectivity index (χ1) is 15.0. The lowest BCUT2D eigenvalue weighted by atomic mass is 10.2. The minimum atomic E-state index is -0.303. The Morgan fingerprint density at radius 3 is 2.61 bits per heavy atom. The monoisotopic (exact) mass is 419 g/mol. The van der Waals surface area contributed by atoms with E-state index in [1.165, 1.54) is 6.07 Å². The predicted octanol–water partition coefficient (Wildman–Crippen LogP) is 3.50. The van der Waals surface area contributed by atoms with Gasteiger partial charge in [-0.2, -0.15) is 0 Å². The van der Waals surface area contributed by atoms with Crippen molar-refractivity contribution in [3.8, 4) is 11.5 Å². The number of rotatable bonds is 7. The molecule has 158 valence electrons. The number of anilines is 1. The van der Waals surface area contributed by atoms with E-state index in [9.17, 15) is 9.59 Å². The topological polar surface area (TPSA) is 95.1 Å². The van der Waals surface area contributed by atoms with Crippen LogP contribution < -0.4 is 20.3 Å². The lowest BCUT2D eigenvalue weighted by molar-refractivity contribution is -0.118. The summed E-state index contributed by atoms with van der Waals surface area (Å²) in [4.78, 5) is 28.5. The molecule has 4 aromatic rings. The first-order valence-corrected chi connectivity index (χ1v) is 9.68. The first-order valence-electron chi connectivity index (χ1n) is 9.68. The third kappa shape index (κ3) is 5.11. The number of hydrogen-bond donors (Lipinski definition) is 1. The number of nitrogens with zero attached hydrogens (tertiary/aromatic N) is 2. The van der Waals surface area contributed by atoms with E-state index in [1.54, 1.807) is 43.3 Å². The maximum absolute atomic E-state index is 12.1. The Morgan fingerprint density at radius 1 is 1.03 bits per heavy atom. The van der Waals surface area contributed by atoms with Gasteiger partial charge < -0.3 is 19.3 Å². The van der Waals surface area contributed by atoms with E-state index >= 15 is 0 Å². The molecule has 2 heterocycles. The number of hydrogen-bond acceptors (Lipinski definition) is 6. The molecule has 8 heteroatoms. The molecule has 0 spiro atoms. The Morgan fingerprint density at radius 2 is 1.84 bits per heavy atom. The molecule has 0 aliphatic carbocycles. The number of benzene rings is 2. The lowest BCUT2D eigenvalue weighted by Gasteiger charge is -2.09. The van der Waals surface area contributed by atoms with Crippen molar-refractivity contribution < 1.29 is 18.8 Å². The van der Waals surface area contributed by atoms with E-state index in [4.69, 9.17) is 14.0 Å². The third-order valence-electron chi connectivity index (χ3n) is 4.41. The van der Waals surface area contributed by atoms with Gasteiger partial charge in [0, 0.05) is 17.8 Å². The van der Waals surface area contributed by atoms with E-state index < -0.39 is 0 Å². The molecule has 4 rings (SSSR count). The van der Waals surface area contributed by atoms with Crippen LogP contribution in [0.2, 0.25) is 0 Å². The van der Waals surface area contributed by atoms with Crippen LogP contribution in [0.25, 0.3) is 5.65 Å². The van der Waals surface area contributed by atoms with E-state index in [-0.39, 0.29) is 24.7 Å². The van der Waals surface area contributed by atoms with Gasteiger partial charge in [0.2, 0.25) is 0 Å². The van der Waals surface area contributed by atoms with Crippen molar-refractivity contribution in [1.29, 1.82) is 0 Å². The van der Waals surface area contributed by atoms with Gasteiger partial charge in [0.1, 0.15) is 23.9 Å². The Balaban J connectivity index is 1.31. The molecule has 2 aromatic carbocycles. The van der Waals surface area contributed by atoms with Gasteiger partial charge in [0.05, 0.1) is 5.69 Å². The van der Waals surface area contributed by atoms with Gasteiger partial charge in [-0.1, -0.05) is 12.1 Å². The summed E-state index contributed by atoms with van der Waals surface area (Å²) in [6.07, 6.45) is 0. The van der Waals surface area contributed by atoms with Crippen LogP contribution >= 0.6 is 0 Å². The van der Waals surface area contributed by atoms with Gasteiger partial charge in [0.25, 0.3) is 11.5 Å². The van der Waals surface area contributed by atoms with E-state index in [2.05, 4.69) is 10.3 Å². The molecule has 31 heavy (non-hydrogen) atoms. The van der Waals surface area contributed by atoms with Crippen molar-refractivity contribution in [1.82, 2.24) is 9.56 Å². The number of ether oxygens (including phenoxy) is 2. The minimum absolute atomic E-state index is 0.0844. The summed E-state index contributed by atoms with van der Waals surface area (Å²) in [5.41, 5.74) is 2.32. The largest absolute Gasteiger partial charge is 0.487 e. The average molecular weight is 419 g/mol. The summed E-state index contributed by atoms with van der Waals surface area (Å²) >= 11 is 0. The van der Waals surface area contributed by atoms with Crippen LogP contribution in [0, 0.1) is 13.8 Å². The molecule has 0 fully saturated rings. The predicted molar refractivity (Wildman–Crippen MR) is 115 cm³/mol. The summed E-state index contributed by atoms with van der Waals surface area (Å²) in [7, 11) is 0. The Bertz CT molecular complexity index is 1270. The average Bonchev–Trinajstić information content (AvgIpc) is 3.13. The number of amides is 1. The van der Waals surface area contributed by atoms with Gasteiger partial charge in [0.15, 0.2) is 12.3 Å². The van der Waals surface area contributed by atoms with E-state index in [1.807, 2.05) is 25.1 Å². The highest BCUT2D eigenvalue weighted by Gasteiger charge is 2.08. The highest BCUT2D eigenvalue weighted by molar-refractivity contribution is 5.91. The van der Waals surface area contributed by atoms with Gasteiger partial charge in [-0.3, -0.25) is 9.59 Å². The van der Waals surface area contributed by atoms with Crippen molar-refractivity contribution in [2.75, 3.05) is 11.9 Å². The highest BCUT2D eigenvalue weighted by atomic mass is 16.5. The summed E-state index contributed by atoms with van der Waals surface area (Å²) in [6.45, 7) is 3.76.